The molecule has 1 aliphatic rings. The number of rotatable bonds is 3. The van der Waals surface area contributed by atoms with E-state index in [0.717, 1.165) is 19.1 Å². The van der Waals surface area contributed by atoms with E-state index in [1.807, 2.05) is 0 Å². The van der Waals surface area contributed by atoms with Crippen molar-refractivity contribution < 1.29 is 38.1 Å². The summed E-state index contributed by atoms with van der Waals surface area (Å²) in [6.07, 6.45) is -1.72. The van der Waals surface area contributed by atoms with E-state index in [1.54, 1.807) is 20.8 Å². The minimum Gasteiger partial charge on any atom is -0.468 e. The topological polar surface area (TPSA) is 108 Å². The Morgan fingerprint density at radius 2 is 1.73 bits per heavy atom. The van der Waals surface area contributed by atoms with E-state index < -0.39 is 53.7 Å². The van der Waals surface area contributed by atoms with Crippen LogP contribution in [0.3, 0.4) is 0 Å². The minimum absolute atomic E-state index is 0.764. The fourth-order valence-electron chi connectivity index (χ4n) is 2.73. The molecule has 2 amide bonds. The number of hydrogen-bond acceptors (Lipinski definition) is 8. The number of ether oxygens (including phenoxy) is 4. The van der Waals surface area contributed by atoms with Gasteiger partial charge in [-0.3, -0.25) is 9.59 Å². The van der Waals surface area contributed by atoms with Crippen molar-refractivity contribution in [3.8, 4) is 0 Å². The fourth-order valence-corrected chi connectivity index (χ4v) is 2.73. The molecule has 1 saturated heterocycles. The van der Waals surface area contributed by atoms with E-state index in [2.05, 4.69) is 16.1 Å². The molecule has 0 aromatic carbocycles. The lowest BCUT2D eigenvalue weighted by Crippen LogP contribution is -2.63. The SMILES string of the molecule is C=C[C@H]1C(C(=O)OC)C(=O)N(C(=O)OC(C)(C)C)[C@H](C)[C@H]1OC(=O)OC. The molecule has 0 spiro atoms. The summed E-state index contributed by atoms with van der Waals surface area (Å²) in [4.78, 5) is 49.9. The van der Waals surface area contributed by atoms with Gasteiger partial charge in [0.05, 0.1) is 20.3 Å². The first-order chi connectivity index (χ1) is 12.0. The number of esters is 1. The normalized spacial score (nSPS) is 25.9. The highest BCUT2D eigenvalue weighted by Gasteiger charge is 2.54. The summed E-state index contributed by atoms with van der Waals surface area (Å²) >= 11 is 0. The quantitative estimate of drug-likeness (QED) is 0.320. The highest BCUT2D eigenvalue weighted by atomic mass is 16.7. The van der Waals surface area contributed by atoms with Crippen molar-refractivity contribution in [2.24, 2.45) is 11.8 Å². The Morgan fingerprint density at radius 1 is 1.15 bits per heavy atom. The molecular weight excluding hydrogens is 346 g/mol. The second kappa shape index (κ2) is 8.20. The molecule has 0 aromatic rings. The number of nitrogens with zero attached hydrogens (tertiary/aromatic N) is 1. The number of piperidine rings is 1. The summed E-state index contributed by atoms with van der Waals surface area (Å²) in [7, 11) is 2.23. The lowest BCUT2D eigenvalue weighted by molar-refractivity contribution is -0.166. The summed E-state index contributed by atoms with van der Waals surface area (Å²) in [6, 6.07) is -0.916. The Kier molecular flexibility index (Phi) is 6.77. The molecule has 1 rings (SSSR count). The smallest absolute Gasteiger partial charge is 0.468 e. The third-order valence-corrected chi connectivity index (χ3v) is 3.87. The predicted molar refractivity (Wildman–Crippen MR) is 89.0 cm³/mol. The van der Waals surface area contributed by atoms with Crippen molar-refractivity contribution >= 4 is 24.1 Å². The molecule has 0 aliphatic carbocycles. The van der Waals surface area contributed by atoms with Crippen LogP contribution in [-0.4, -0.2) is 61.0 Å². The zero-order chi connectivity index (χ0) is 20.2. The van der Waals surface area contributed by atoms with Crippen LogP contribution in [0.5, 0.6) is 0 Å². The molecule has 1 aliphatic heterocycles. The van der Waals surface area contributed by atoms with Gasteiger partial charge in [0.1, 0.15) is 17.6 Å². The second-order valence-electron chi connectivity index (χ2n) is 6.78. The molecule has 1 unspecified atom stereocenters. The van der Waals surface area contributed by atoms with Crippen molar-refractivity contribution in [3.63, 3.8) is 0 Å². The lowest BCUT2D eigenvalue weighted by Gasteiger charge is -2.43. The molecule has 146 valence electrons. The largest absolute Gasteiger partial charge is 0.508 e. The van der Waals surface area contributed by atoms with Crippen LogP contribution in [0.2, 0.25) is 0 Å². The summed E-state index contributed by atoms with van der Waals surface area (Å²) in [5.41, 5.74) is -0.869. The third-order valence-electron chi connectivity index (χ3n) is 3.87. The van der Waals surface area contributed by atoms with Crippen LogP contribution in [0.1, 0.15) is 27.7 Å². The number of imide groups is 1. The lowest BCUT2D eigenvalue weighted by atomic mass is 9.79. The van der Waals surface area contributed by atoms with Gasteiger partial charge in [0.25, 0.3) is 0 Å². The van der Waals surface area contributed by atoms with Gasteiger partial charge in [-0.15, -0.1) is 6.58 Å². The molecule has 9 heteroatoms. The highest BCUT2D eigenvalue weighted by molar-refractivity contribution is 6.05. The summed E-state index contributed by atoms with van der Waals surface area (Å²) in [5.74, 6) is -3.99. The van der Waals surface area contributed by atoms with Crippen molar-refractivity contribution in [3.05, 3.63) is 12.7 Å². The van der Waals surface area contributed by atoms with E-state index >= 15 is 0 Å². The molecule has 0 bridgehead atoms. The molecule has 1 heterocycles. The molecule has 0 radical (unpaired) electrons. The van der Waals surface area contributed by atoms with Crippen molar-refractivity contribution in [1.29, 1.82) is 0 Å². The van der Waals surface area contributed by atoms with E-state index in [1.165, 1.54) is 13.0 Å². The maximum Gasteiger partial charge on any atom is 0.508 e. The standard InChI is InChI=1S/C17H25NO8/c1-8-10-11(14(20)23-6)13(19)18(15(21)26-17(3,4)5)9(2)12(10)25-16(22)24-7/h8-12H,1H2,2-7H3/t9-,10+,11?,12-/m1/s1. The van der Waals surface area contributed by atoms with E-state index in [0.29, 0.717) is 0 Å². The van der Waals surface area contributed by atoms with Crippen LogP contribution < -0.4 is 0 Å². The maximum atomic E-state index is 12.8. The number of hydrogen-bond donors (Lipinski definition) is 0. The fraction of sp³-hybridized carbons (Fsp3) is 0.647. The Hall–Kier alpha value is -2.58. The number of carbonyl (C=O) groups excluding carboxylic acids is 4. The van der Waals surface area contributed by atoms with Crippen molar-refractivity contribution in [2.45, 2.75) is 45.4 Å². The molecule has 0 aromatic heterocycles. The zero-order valence-electron chi connectivity index (χ0n) is 15.8. The first-order valence-electron chi connectivity index (χ1n) is 7.99. The Bertz CT molecular complexity index is 594. The Morgan fingerprint density at radius 3 is 2.15 bits per heavy atom. The monoisotopic (exact) mass is 371 g/mol. The minimum atomic E-state index is -1.41. The summed E-state index contributed by atoms with van der Waals surface area (Å²) in [5, 5.41) is 0. The number of methoxy groups -OCH3 is 2. The number of carbonyl (C=O) groups is 4. The van der Waals surface area contributed by atoms with Crippen LogP contribution in [0.4, 0.5) is 9.59 Å². The number of amides is 2. The van der Waals surface area contributed by atoms with Gasteiger partial charge in [-0.05, 0) is 27.7 Å². The second-order valence-corrected chi connectivity index (χ2v) is 6.78. The van der Waals surface area contributed by atoms with Gasteiger partial charge >= 0.3 is 18.2 Å². The van der Waals surface area contributed by atoms with Crippen molar-refractivity contribution in [2.75, 3.05) is 14.2 Å². The van der Waals surface area contributed by atoms with E-state index in [-0.39, 0.29) is 0 Å². The molecule has 0 saturated carbocycles. The average Bonchev–Trinajstić information content (AvgIpc) is 2.54. The summed E-state index contributed by atoms with van der Waals surface area (Å²) < 4.78 is 19.6. The van der Waals surface area contributed by atoms with Crippen LogP contribution in [0, 0.1) is 11.8 Å². The first-order valence-corrected chi connectivity index (χ1v) is 7.99. The van der Waals surface area contributed by atoms with E-state index in [4.69, 9.17) is 9.47 Å². The maximum absolute atomic E-state index is 12.8. The van der Waals surface area contributed by atoms with Gasteiger partial charge in [-0.25, -0.2) is 14.5 Å². The van der Waals surface area contributed by atoms with Crippen LogP contribution in [0.25, 0.3) is 0 Å². The van der Waals surface area contributed by atoms with Gasteiger partial charge in [0.15, 0.2) is 0 Å². The van der Waals surface area contributed by atoms with E-state index in [9.17, 15) is 19.2 Å². The van der Waals surface area contributed by atoms with Crippen LogP contribution in [-0.2, 0) is 28.5 Å². The third kappa shape index (κ3) is 4.53. The average molecular weight is 371 g/mol. The molecule has 26 heavy (non-hydrogen) atoms. The van der Waals surface area contributed by atoms with Gasteiger partial charge in [-0.2, -0.15) is 0 Å². The molecule has 4 atom stereocenters. The van der Waals surface area contributed by atoms with Gasteiger partial charge in [0, 0.05) is 5.92 Å². The molecule has 0 N–H and O–H groups in total. The molecular formula is C17H25NO8. The molecule has 9 nitrogen and oxygen atoms in total. The van der Waals surface area contributed by atoms with Crippen LogP contribution in [0.15, 0.2) is 12.7 Å². The number of likely N-dealkylation sites (tertiary alicyclic amines) is 1. The Balaban J connectivity index is 3.35. The molecule has 1 fully saturated rings. The van der Waals surface area contributed by atoms with Crippen LogP contribution >= 0.6 is 0 Å². The summed E-state index contributed by atoms with van der Waals surface area (Å²) in [6.45, 7) is 10.0. The zero-order valence-corrected chi connectivity index (χ0v) is 15.8. The van der Waals surface area contributed by atoms with Gasteiger partial charge < -0.3 is 18.9 Å². The highest BCUT2D eigenvalue weighted by Crippen LogP contribution is 2.34. The van der Waals surface area contributed by atoms with Crippen molar-refractivity contribution in [1.82, 2.24) is 4.90 Å². The first kappa shape index (κ1) is 21.5. The predicted octanol–water partition coefficient (Wildman–Crippen LogP) is 1.90. The Labute approximate surface area is 152 Å². The van der Waals surface area contributed by atoms with Gasteiger partial charge in [0.2, 0.25) is 5.91 Å². The van der Waals surface area contributed by atoms with Gasteiger partial charge in [-0.1, -0.05) is 6.08 Å².